The third kappa shape index (κ3) is 2.06. The number of carbonyl (C=O) groups excluding carboxylic acids is 1. The number of halogens is 1. The van der Waals surface area contributed by atoms with Crippen molar-refractivity contribution < 1.29 is 19.7 Å². The van der Waals surface area contributed by atoms with Crippen LogP contribution in [-0.2, 0) is 15.3 Å². The van der Waals surface area contributed by atoms with Crippen LogP contribution in [0, 0.1) is 0 Å². The Hall–Kier alpha value is -1.29. The fraction of sp³-hybridized carbons (Fsp3) is 0.545. The molecule has 110 valence electrons. The van der Waals surface area contributed by atoms with Crippen LogP contribution in [0.3, 0.4) is 0 Å². The average Bonchev–Trinajstić information content (AvgIpc) is 2.64. The summed E-state index contributed by atoms with van der Waals surface area (Å²) in [6.45, 7) is 0.735. The van der Waals surface area contributed by atoms with Crippen LogP contribution >= 0.6 is 15.9 Å². The number of nitrogen functional groups attached to an aromatic ring is 1. The number of anilines is 1. The van der Waals surface area contributed by atoms with E-state index in [-0.39, 0.29) is 5.82 Å². The van der Waals surface area contributed by atoms with Gasteiger partial charge in [-0.3, -0.25) is 9.36 Å². The second-order valence-electron chi connectivity index (χ2n) is 4.49. The molecule has 1 fully saturated rings. The zero-order chi connectivity index (χ0) is 15.1. The molecule has 9 heteroatoms. The molecule has 1 aliphatic heterocycles. The summed E-state index contributed by atoms with van der Waals surface area (Å²) in [5.41, 5.74) is 2.85. The van der Waals surface area contributed by atoms with Crippen molar-refractivity contribution in [3.05, 3.63) is 22.7 Å². The number of rotatable bonds is 3. The highest BCUT2D eigenvalue weighted by Gasteiger charge is 2.58. The summed E-state index contributed by atoms with van der Waals surface area (Å²) in [5, 5.41) is 19.2. The van der Waals surface area contributed by atoms with Gasteiger partial charge < -0.3 is 20.7 Å². The van der Waals surface area contributed by atoms with E-state index in [1.807, 2.05) is 0 Å². The lowest BCUT2D eigenvalue weighted by Crippen LogP contribution is -2.53. The van der Waals surface area contributed by atoms with Crippen LogP contribution < -0.4 is 11.4 Å². The minimum atomic E-state index is -1.77. The molecule has 1 unspecified atom stereocenters. The summed E-state index contributed by atoms with van der Waals surface area (Å²) in [6, 6.07) is 1.34. The number of nitrogens with two attached hydrogens (primary N) is 1. The van der Waals surface area contributed by atoms with Crippen molar-refractivity contribution in [2.24, 2.45) is 0 Å². The molecule has 20 heavy (non-hydrogen) atoms. The van der Waals surface area contributed by atoms with E-state index < -0.39 is 40.8 Å². The predicted octanol–water partition coefficient (Wildman–Crippen LogP) is -1.42. The van der Waals surface area contributed by atoms with Crippen LogP contribution in [0.1, 0.15) is 6.92 Å². The van der Waals surface area contributed by atoms with E-state index in [0.29, 0.717) is 0 Å². The van der Waals surface area contributed by atoms with Crippen molar-refractivity contribution in [2.45, 2.75) is 29.7 Å². The first-order chi connectivity index (χ1) is 9.34. The number of nitrogens with zero attached hydrogens (tertiary/aromatic N) is 2. The molecule has 4 atom stereocenters. The molecule has 0 amide bonds. The van der Waals surface area contributed by atoms with Crippen molar-refractivity contribution in [2.75, 3.05) is 12.3 Å². The van der Waals surface area contributed by atoms with Crippen LogP contribution in [0.2, 0.25) is 0 Å². The molecule has 1 aliphatic rings. The molecule has 0 saturated carbocycles. The highest BCUT2D eigenvalue weighted by molar-refractivity contribution is 9.09. The molecule has 1 aromatic heterocycles. The Morgan fingerprint density at radius 2 is 2.35 bits per heavy atom. The van der Waals surface area contributed by atoms with Gasteiger partial charge in [0.25, 0.3) is 0 Å². The van der Waals surface area contributed by atoms with Gasteiger partial charge in [0.1, 0.15) is 18.0 Å². The van der Waals surface area contributed by atoms with E-state index in [1.165, 1.54) is 19.2 Å². The Morgan fingerprint density at radius 3 is 2.80 bits per heavy atom. The molecule has 0 bridgehead atoms. The molecule has 1 saturated heterocycles. The van der Waals surface area contributed by atoms with Gasteiger partial charge in [-0.05, 0) is 13.0 Å². The van der Waals surface area contributed by atoms with Gasteiger partial charge in [-0.25, -0.2) is 4.79 Å². The number of ketones is 1. The molecule has 4 N–H and O–H groups in total. The fourth-order valence-electron chi connectivity index (χ4n) is 2.24. The van der Waals surface area contributed by atoms with Gasteiger partial charge in [-0.15, -0.1) is 0 Å². The lowest BCUT2D eigenvalue weighted by atomic mass is 10.0. The molecule has 2 heterocycles. The van der Waals surface area contributed by atoms with E-state index in [1.54, 1.807) is 0 Å². The van der Waals surface area contributed by atoms with Gasteiger partial charge in [-0.2, -0.15) is 4.98 Å². The topological polar surface area (TPSA) is 128 Å². The first-order valence-corrected chi connectivity index (χ1v) is 6.73. The first kappa shape index (κ1) is 15.1. The number of ether oxygens (including phenoxy) is 1. The monoisotopic (exact) mass is 347 g/mol. The molecule has 8 nitrogen and oxygen atoms in total. The standard InChI is InChI=1S/C11H14BrN3O5/c1-5(17)11(9(12)8(18)6(4-16)20-11)15-3-2-7(13)14-10(15)19/h2-3,6,8-9,16,18H,4H2,1H3,(H2,13,14,19)/t6-,8-,9?,11-/m1/s1. The van der Waals surface area contributed by atoms with Gasteiger partial charge in [0.15, 0.2) is 5.78 Å². The van der Waals surface area contributed by atoms with Crippen molar-refractivity contribution in [3.8, 4) is 0 Å². The van der Waals surface area contributed by atoms with Gasteiger partial charge >= 0.3 is 5.69 Å². The van der Waals surface area contributed by atoms with Crippen LogP contribution in [0.25, 0.3) is 0 Å². The highest BCUT2D eigenvalue weighted by Crippen LogP contribution is 2.40. The summed E-state index contributed by atoms with van der Waals surface area (Å²) in [6.07, 6.45) is -0.881. The quantitative estimate of drug-likeness (QED) is 0.572. The first-order valence-electron chi connectivity index (χ1n) is 5.82. The third-order valence-electron chi connectivity index (χ3n) is 3.25. The SMILES string of the molecule is CC(=O)[C@@]1(n2ccc(N)nc2=O)O[C@H](CO)[C@@H](O)C1Br. The Balaban J connectivity index is 2.62. The molecule has 1 aromatic rings. The molecule has 0 aliphatic carbocycles. The lowest BCUT2D eigenvalue weighted by molar-refractivity contribution is -0.159. The van der Waals surface area contributed by atoms with Crippen LogP contribution in [-0.4, -0.2) is 49.2 Å². The minimum absolute atomic E-state index is 0.00771. The molecule has 2 rings (SSSR count). The van der Waals surface area contributed by atoms with E-state index >= 15 is 0 Å². The van der Waals surface area contributed by atoms with E-state index in [9.17, 15) is 19.8 Å². The summed E-state index contributed by atoms with van der Waals surface area (Å²) >= 11 is 3.17. The molecule has 0 aromatic carbocycles. The van der Waals surface area contributed by atoms with Crippen molar-refractivity contribution in [1.82, 2.24) is 9.55 Å². The Morgan fingerprint density at radius 1 is 1.70 bits per heavy atom. The Kier molecular flexibility index (Phi) is 3.96. The largest absolute Gasteiger partial charge is 0.394 e. The summed E-state index contributed by atoms with van der Waals surface area (Å²) in [5.74, 6) is -0.503. The van der Waals surface area contributed by atoms with Crippen molar-refractivity contribution in [1.29, 1.82) is 0 Å². The number of alkyl halides is 1. The van der Waals surface area contributed by atoms with Gasteiger partial charge in [-0.1, -0.05) is 15.9 Å². The number of carbonyl (C=O) groups is 1. The second kappa shape index (κ2) is 5.24. The highest BCUT2D eigenvalue weighted by atomic mass is 79.9. The maximum Gasteiger partial charge on any atom is 0.352 e. The van der Waals surface area contributed by atoms with Gasteiger partial charge in [0.2, 0.25) is 5.72 Å². The lowest BCUT2D eigenvalue weighted by Gasteiger charge is -2.31. The predicted molar refractivity (Wildman–Crippen MR) is 72.2 cm³/mol. The number of aromatic nitrogens is 2. The van der Waals surface area contributed by atoms with Crippen molar-refractivity contribution in [3.63, 3.8) is 0 Å². The molecular weight excluding hydrogens is 334 g/mol. The Bertz CT molecular complexity index is 592. The van der Waals surface area contributed by atoms with Gasteiger partial charge in [0.05, 0.1) is 11.4 Å². The number of hydrogen-bond acceptors (Lipinski definition) is 7. The zero-order valence-electron chi connectivity index (χ0n) is 10.6. The molecular formula is C11H14BrN3O5. The smallest absolute Gasteiger partial charge is 0.352 e. The van der Waals surface area contributed by atoms with Crippen molar-refractivity contribution >= 4 is 27.5 Å². The van der Waals surface area contributed by atoms with Crippen LogP contribution in [0.15, 0.2) is 17.1 Å². The second-order valence-corrected chi connectivity index (χ2v) is 5.48. The maximum atomic E-state index is 12.1. The number of aliphatic hydroxyl groups excluding tert-OH is 2. The molecule has 0 radical (unpaired) electrons. The maximum absolute atomic E-state index is 12.1. The van der Waals surface area contributed by atoms with E-state index in [0.717, 1.165) is 4.57 Å². The van der Waals surface area contributed by atoms with E-state index in [2.05, 4.69) is 20.9 Å². The summed E-state index contributed by atoms with van der Waals surface area (Å²) in [7, 11) is 0. The minimum Gasteiger partial charge on any atom is -0.394 e. The van der Waals surface area contributed by atoms with Crippen LogP contribution in [0.4, 0.5) is 5.82 Å². The normalized spacial score (nSPS) is 33.3. The van der Waals surface area contributed by atoms with E-state index in [4.69, 9.17) is 10.5 Å². The third-order valence-corrected chi connectivity index (χ3v) is 4.42. The number of hydrogen-bond donors (Lipinski definition) is 3. The summed E-state index contributed by atoms with van der Waals surface area (Å²) < 4.78 is 6.44. The van der Waals surface area contributed by atoms with Crippen LogP contribution in [0.5, 0.6) is 0 Å². The fourth-order valence-corrected chi connectivity index (χ4v) is 3.23. The Labute approximate surface area is 122 Å². The molecule has 0 spiro atoms. The summed E-state index contributed by atoms with van der Waals surface area (Å²) in [4.78, 5) is 26.6. The van der Waals surface area contributed by atoms with Gasteiger partial charge in [0, 0.05) is 6.20 Å². The average molecular weight is 348 g/mol. The number of aliphatic hydroxyl groups is 2. The number of Topliss-reactive ketones (excluding diaryl/α,β-unsaturated/α-hetero) is 1. The zero-order valence-corrected chi connectivity index (χ0v) is 12.1.